The van der Waals surface area contributed by atoms with Crippen molar-refractivity contribution in [2.75, 3.05) is 0 Å². The van der Waals surface area contributed by atoms with E-state index in [1.807, 2.05) is 48.5 Å². The number of aliphatic carboxylic acids is 1. The van der Waals surface area contributed by atoms with Crippen molar-refractivity contribution in [2.24, 2.45) is 5.41 Å². The first-order valence-electron chi connectivity index (χ1n) is 8.51. The molecule has 0 aliphatic carbocycles. The standard InChI is InChI=1S/C22H26O3/c1-16(15-22(2,3)4)25-20-12-10-19(11-13-20)18-8-5-17(6-9-18)7-14-21(23)24/h5-14,16H,15H2,1-4H3,(H,23,24)/b14-7+. The minimum absolute atomic E-state index is 0.172. The topological polar surface area (TPSA) is 46.5 Å². The van der Waals surface area contributed by atoms with Crippen LogP contribution in [0.3, 0.4) is 0 Å². The van der Waals surface area contributed by atoms with Crippen LogP contribution in [0.25, 0.3) is 17.2 Å². The van der Waals surface area contributed by atoms with Crippen molar-refractivity contribution in [3.8, 4) is 16.9 Å². The van der Waals surface area contributed by atoms with Crippen molar-refractivity contribution >= 4 is 12.0 Å². The Labute approximate surface area is 150 Å². The van der Waals surface area contributed by atoms with Crippen molar-refractivity contribution in [2.45, 2.75) is 40.2 Å². The molecule has 2 aromatic carbocycles. The summed E-state index contributed by atoms with van der Waals surface area (Å²) >= 11 is 0. The van der Waals surface area contributed by atoms with E-state index in [-0.39, 0.29) is 11.5 Å². The summed E-state index contributed by atoms with van der Waals surface area (Å²) in [7, 11) is 0. The number of carboxylic acids is 1. The maximum Gasteiger partial charge on any atom is 0.328 e. The summed E-state index contributed by atoms with van der Waals surface area (Å²) in [5, 5.41) is 8.66. The summed E-state index contributed by atoms with van der Waals surface area (Å²) in [6, 6.07) is 15.9. The van der Waals surface area contributed by atoms with Crippen LogP contribution in [-0.2, 0) is 4.79 Å². The highest BCUT2D eigenvalue weighted by molar-refractivity contribution is 5.85. The number of rotatable bonds is 6. The highest BCUT2D eigenvalue weighted by atomic mass is 16.5. The summed E-state index contributed by atoms with van der Waals surface area (Å²) in [4.78, 5) is 10.5. The number of carboxylic acid groups (broad SMARTS) is 1. The van der Waals surface area contributed by atoms with Gasteiger partial charge in [-0.15, -0.1) is 0 Å². The molecule has 2 aromatic rings. The predicted octanol–water partition coefficient (Wildman–Crippen LogP) is 5.65. The molecule has 3 heteroatoms. The molecule has 1 atom stereocenters. The molecule has 0 heterocycles. The minimum atomic E-state index is -0.944. The monoisotopic (exact) mass is 338 g/mol. The molecular formula is C22H26O3. The maximum atomic E-state index is 10.5. The summed E-state index contributed by atoms with van der Waals surface area (Å²) in [5.74, 6) is -0.0677. The minimum Gasteiger partial charge on any atom is -0.491 e. The number of benzene rings is 2. The second-order valence-electron chi connectivity index (χ2n) is 7.51. The van der Waals surface area contributed by atoms with Gasteiger partial charge in [-0.3, -0.25) is 0 Å². The van der Waals surface area contributed by atoms with Gasteiger partial charge in [0.1, 0.15) is 5.75 Å². The third-order valence-corrected chi connectivity index (χ3v) is 3.75. The van der Waals surface area contributed by atoms with E-state index in [4.69, 9.17) is 9.84 Å². The SMILES string of the molecule is CC(CC(C)(C)C)Oc1ccc(-c2ccc(/C=C/C(=O)O)cc2)cc1. The van der Waals surface area contributed by atoms with E-state index in [1.54, 1.807) is 6.08 Å². The first kappa shape index (κ1) is 18.8. The Morgan fingerprint density at radius 1 is 1.04 bits per heavy atom. The molecule has 1 N–H and O–H groups in total. The molecule has 0 saturated heterocycles. The average molecular weight is 338 g/mol. The van der Waals surface area contributed by atoms with Gasteiger partial charge >= 0.3 is 5.97 Å². The molecule has 25 heavy (non-hydrogen) atoms. The van der Waals surface area contributed by atoms with E-state index < -0.39 is 5.97 Å². The zero-order valence-electron chi connectivity index (χ0n) is 15.3. The Kier molecular flexibility index (Phi) is 6.02. The predicted molar refractivity (Wildman–Crippen MR) is 103 cm³/mol. The summed E-state index contributed by atoms with van der Waals surface area (Å²) < 4.78 is 5.99. The van der Waals surface area contributed by atoms with Gasteiger partial charge in [0.2, 0.25) is 0 Å². The number of hydrogen-bond acceptors (Lipinski definition) is 2. The van der Waals surface area contributed by atoms with Crippen LogP contribution in [0.2, 0.25) is 0 Å². The molecule has 0 bridgehead atoms. The Hall–Kier alpha value is -2.55. The molecule has 0 radical (unpaired) electrons. The lowest BCUT2D eigenvalue weighted by molar-refractivity contribution is -0.131. The largest absolute Gasteiger partial charge is 0.491 e. The normalized spacial score (nSPS) is 13.0. The van der Waals surface area contributed by atoms with Crippen LogP contribution < -0.4 is 4.74 Å². The van der Waals surface area contributed by atoms with Gasteiger partial charge in [-0.2, -0.15) is 0 Å². The molecule has 0 spiro atoms. The molecule has 0 fully saturated rings. The lowest BCUT2D eigenvalue weighted by Gasteiger charge is -2.24. The van der Waals surface area contributed by atoms with Crippen LogP contribution in [0.4, 0.5) is 0 Å². The third kappa shape index (κ3) is 6.46. The van der Waals surface area contributed by atoms with Crippen LogP contribution in [0.15, 0.2) is 54.6 Å². The van der Waals surface area contributed by atoms with E-state index >= 15 is 0 Å². The molecule has 0 aliphatic heterocycles. The lowest BCUT2D eigenvalue weighted by atomic mass is 9.90. The quantitative estimate of drug-likeness (QED) is 0.692. The van der Waals surface area contributed by atoms with Gasteiger partial charge < -0.3 is 9.84 Å². The van der Waals surface area contributed by atoms with E-state index in [0.717, 1.165) is 34.9 Å². The van der Waals surface area contributed by atoms with Gasteiger partial charge in [0.15, 0.2) is 0 Å². The van der Waals surface area contributed by atoms with E-state index in [1.165, 1.54) is 0 Å². The molecule has 0 saturated carbocycles. The van der Waals surface area contributed by atoms with Crippen LogP contribution in [0.1, 0.15) is 39.7 Å². The molecule has 0 aliphatic rings. The van der Waals surface area contributed by atoms with Crippen molar-refractivity contribution in [3.05, 3.63) is 60.2 Å². The van der Waals surface area contributed by atoms with Gasteiger partial charge in [0, 0.05) is 6.08 Å². The molecule has 1 unspecified atom stereocenters. The van der Waals surface area contributed by atoms with E-state index in [0.29, 0.717) is 0 Å². The first-order valence-corrected chi connectivity index (χ1v) is 8.51. The van der Waals surface area contributed by atoms with Gasteiger partial charge in [0.25, 0.3) is 0 Å². The summed E-state index contributed by atoms with van der Waals surface area (Å²) in [6.07, 6.45) is 3.89. The molecule has 0 amide bonds. The van der Waals surface area contributed by atoms with Crippen molar-refractivity contribution in [1.29, 1.82) is 0 Å². The molecular weight excluding hydrogens is 312 g/mol. The second-order valence-corrected chi connectivity index (χ2v) is 7.51. The van der Waals surface area contributed by atoms with Crippen molar-refractivity contribution in [1.82, 2.24) is 0 Å². The highest BCUT2D eigenvalue weighted by Crippen LogP contribution is 2.26. The Morgan fingerprint density at radius 2 is 1.56 bits per heavy atom. The van der Waals surface area contributed by atoms with Crippen LogP contribution in [0.5, 0.6) is 5.75 Å². The van der Waals surface area contributed by atoms with Crippen LogP contribution in [-0.4, -0.2) is 17.2 Å². The molecule has 0 aromatic heterocycles. The van der Waals surface area contributed by atoms with Gasteiger partial charge in [-0.1, -0.05) is 57.2 Å². The molecule has 2 rings (SSSR count). The van der Waals surface area contributed by atoms with E-state index in [2.05, 4.69) is 27.7 Å². The fraction of sp³-hybridized carbons (Fsp3) is 0.318. The smallest absolute Gasteiger partial charge is 0.328 e. The first-order chi connectivity index (χ1) is 11.7. The Morgan fingerprint density at radius 3 is 2.04 bits per heavy atom. The Bertz CT molecular complexity index is 719. The Balaban J connectivity index is 2.03. The summed E-state index contributed by atoms with van der Waals surface area (Å²) in [6.45, 7) is 8.74. The van der Waals surface area contributed by atoms with Gasteiger partial charge in [-0.25, -0.2) is 4.79 Å². The van der Waals surface area contributed by atoms with Crippen molar-refractivity contribution in [3.63, 3.8) is 0 Å². The van der Waals surface area contributed by atoms with Crippen LogP contribution in [0, 0.1) is 5.41 Å². The number of ether oxygens (including phenoxy) is 1. The van der Waals surface area contributed by atoms with Gasteiger partial charge in [-0.05, 0) is 53.7 Å². The number of carbonyl (C=O) groups is 1. The van der Waals surface area contributed by atoms with Crippen LogP contribution >= 0.6 is 0 Å². The summed E-state index contributed by atoms with van der Waals surface area (Å²) in [5.41, 5.74) is 3.30. The fourth-order valence-corrected chi connectivity index (χ4v) is 2.82. The molecule has 3 nitrogen and oxygen atoms in total. The van der Waals surface area contributed by atoms with E-state index in [9.17, 15) is 4.79 Å². The number of hydrogen-bond donors (Lipinski definition) is 1. The highest BCUT2D eigenvalue weighted by Gasteiger charge is 2.16. The average Bonchev–Trinajstić information content (AvgIpc) is 2.52. The zero-order chi connectivity index (χ0) is 18.4. The van der Waals surface area contributed by atoms with Gasteiger partial charge in [0.05, 0.1) is 6.10 Å². The van der Waals surface area contributed by atoms with Crippen molar-refractivity contribution < 1.29 is 14.6 Å². The fourth-order valence-electron chi connectivity index (χ4n) is 2.82. The zero-order valence-corrected chi connectivity index (χ0v) is 15.3. The second kappa shape index (κ2) is 8.02. The third-order valence-electron chi connectivity index (χ3n) is 3.75. The maximum absolute atomic E-state index is 10.5. The molecule has 132 valence electrons. The lowest BCUT2D eigenvalue weighted by Crippen LogP contribution is -2.20.